The van der Waals surface area contributed by atoms with Crippen LogP contribution in [0, 0.1) is 5.92 Å². The molecular weight excluding hydrogens is 268 g/mol. The molecule has 0 aromatic heterocycles. The zero-order valence-corrected chi connectivity index (χ0v) is 13.3. The van der Waals surface area contributed by atoms with E-state index in [0.29, 0.717) is 6.42 Å². The Morgan fingerprint density at radius 1 is 1.38 bits per heavy atom. The van der Waals surface area contributed by atoms with E-state index in [0.717, 1.165) is 0 Å². The molecule has 0 amide bonds. The molecule has 1 fully saturated rings. The maximum Gasteiger partial charge on any atom is 0.186 e. The molecule has 0 spiro atoms. The van der Waals surface area contributed by atoms with Crippen molar-refractivity contribution in [2.24, 2.45) is 5.92 Å². The minimum absolute atomic E-state index is 0.0802. The molecule has 118 valence electrons. The topological polar surface area (TPSA) is 55.8 Å². The van der Waals surface area contributed by atoms with Gasteiger partial charge in [0.15, 0.2) is 11.6 Å². The van der Waals surface area contributed by atoms with Crippen LogP contribution >= 0.6 is 0 Å². The maximum absolute atomic E-state index is 12.3. The fourth-order valence-electron chi connectivity index (χ4n) is 2.06. The van der Waals surface area contributed by atoms with Crippen molar-refractivity contribution in [2.45, 2.75) is 58.2 Å². The summed E-state index contributed by atoms with van der Waals surface area (Å²) in [5.74, 6) is -0.982. The number of rotatable bonds is 7. The van der Waals surface area contributed by atoms with Crippen LogP contribution in [0.25, 0.3) is 0 Å². The largest absolute Gasteiger partial charge is 0.393 e. The fraction of sp³-hybridized carbons (Fsp3) is 0.588. The van der Waals surface area contributed by atoms with Crippen molar-refractivity contribution in [3.8, 4) is 0 Å². The van der Waals surface area contributed by atoms with Gasteiger partial charge in [-0.05, 0) is 33.3 Å². The number of carbonyl (C=O) groups is 1. The minimum Gasteiger partial charge on any atom is -0.393 e. The molecule has 1 rings (SSSR count). The molecule has 0 aliphatic carbocycles. The van der Waals surface area contributed by atoms with Crippen LogP contribution < -0.4 is 0 Å². The third-order valence-electron chi connectivity index (χ3n) is 3.43. The van der Waals surface area contributed by atoms with E-state index >= 15 is 0 Å². The molecule has 4 atom stereocenters. The molecule has 0 unspecified atom stereocenters. The van der Waals surface area contributed by atoms with E-state index in [2.05, 4.69) is 6.58 Å². The lowest BCUT2D eigenvalue weighted by molar-refractivity contribution is -0.152. The number of hydrogen-bond acceptors (Lipinski definition) is 4. The van der Waals surface area contributed by atoms with Gasteiger partial charge in [0.05, 0.1) is 12.2 Å². The highest BCUT2D eigenvalue weighted by molar-refractivity contribution is 5.94. The third-order valence-corrected chi connectivity index (χ3v) is 3.43. The average molecular weight is 294 g/mol. The summed E-state index contributed by atoms with van der Waals surface area (Å²) in [5, 5.41) is 9.44. The van der Waals surface area contributed by atoms with Crippen molar-refractivity contribution in [1.29, 1.82) is 0 Å². The van der Waals surface area contributed by atoms with Crippen molar-refractivity contribution in [3.05, 3.63) is 37.0 Å². The van der Waals surface area contributed by atoms with Crippen LogP contribution in [0.15, 0.2) is 37.0 Å². The Labute approximate surface area is 127 Å². The number of ketones is 1. The smallest absolute Gasteiger partial charge is 0.186 e. The molecule has 4 nitrogen and oxygen atoms in total. The van der Waals surface area contributed by atoms with Crippen molar-refractivity contribution in [3.63, 3.8) is 0 Å². The summed E-state index contributed by atoms with van der Waals surface area (Å²) in [6.45, 7) is 10.8. The number of aliphatic hydroxyl groups excluding tert-OH is 1. The van der Waals surface area contributed by atoms with Gasteiger partial charge in [0, 0.05) is 5.92 Å². The fourth-order valence-corrected chi connectivity index (χ4v) is 2.06. The van der Waals surface area contributed by atoms with Gasteiger partial charge in [0.2, 0.25) is 0 Å². The monoisotopic (exact) mass is 294 g/mol. The van der Waals surface area contributed by atoms with Gasteiger partial charge in [0.25, 0.3) is 0 Å². The highest BCUT2D eigenvalue weighted by atomic mass is 16.8. The first-order valence-corrected chi connectivity index (χ1v) is 7.30. The molecule has 0 aromatic rings. The summed E-state index contributed by atoms with van der Waals surface area (Å²) in [6.07, 6.45) is 7.77. The van der Waals surface area contributed by atoms with Gasteiger partial charge in [-0.1, -0.05) is 37.8 Å². The molecule has 0 saturated carbocycles. The average Bonchev–Trinajstić information content (AvgIpc) is 2.71. The lowest BCUT2D eigenvalue weighted by Gasteiger charge is -2.16. The van der Waals surface area contributed by atoms with Gasteiger partial charge in [-0.2, -0.15) is 0 Å². The van der Waals surface area contributed by atoms with Gasteiger partial charge >= 0.3 is 0 Å². The summed E-state index contributed by atoms with van der Waals surface area (Å²) < 4.78 is 11.5. The van der Waals surface area contributed by atoms with Crippen molar-refractivity contribution in [2.75, 3.05) is 0 Å². The van der Waals surface area contributed by atoms with Crippen molar-refractivity contribution in [1.82, 2.24) is 0 Å². The van der Waals surface area contributed by atoms with Crippen molar-refractivity contribution >= 4 is 5.78 Å². The van der Waals surface area contributed by atoms with E-state index in [4.69, 9.17) is 9.47 Å². The molecule has 21 heavy (non-hydrogen) atoms. The van der Waals surface area contributed by atoms with Crippen LogP contribution in [0.2, 0.25) is 0 Å². The maximum atomic E-state index is 12.3. The molecule has 4 heteroatoms. The Balaban J connectivity index is 2.74. The second-order valence-corrected chi connectivity index (χ2v) is 5.86. The van der Waals surface area contributed by atoms with E-state index in [-0.39, 0.29) is 17.8 Å². The van der Waals surface area contributed by atoms with Crippen LogP contribution in [-0.2, 0) is 14.3 Å². The molecule has 1 aliphatic heterocycles. The second-order valence-electron chi connectivity index (χ2n) is 5.86. The quantitative estimate of drug-likeness (QED) is 0.579. The first-order chi connectivity index (χ1) is 9.76. The van der Waals surface area contributed by atoms with Crippen LogP contribution in [0.3, 0.4) is 0 Å². The van der Waals surface area contributed by atoms with E-state index in [1.807, 2.05) is 19.1 Å². The first-order valence-electron chi connectivity index (χ1n) is 7.30. The molecule has 0 radical (unpaired) electrons. The normalized spacial score (nSPS) is 28.0. The molecule has 1 saturated heterocycles. The lowest BCUT2D eigenvalue weighted by Crippen LogP contribution is -2.30. The Kier molecular flexibility index (Phi) is 6.52. The van der Waals surface area contributed by atoms with Crippen LogP contribution in [0.1, 0.15) is 34.1 Å². The van der Waals surface area contributed by atoms with Gasteiger partial charge in [-0.25, -0.2) is 0 Å². The molecule has 0 bridgehead atoms. The molecule has 0 aromatic carbocycles. The van der Waals surface area contributed by atoms with E-state index in [1.165, 1.54) is 6.08 Å². The summed E-state index contributed by atoms with van der Waals surface area (Å²) in [5.41, 5.74) is 0. The van der Waals surface area contributed by atoms with Crippen LogP contribution in [0.5, 0.6) is 0 Å². The summed E-state index contributed by atoms with van der Waals surface area (Å²) in [4.78, 5) is 12.3. The zero-order valence-electron chi connectivity index (χ0n) is 13.3. The first kappa shape index (κ1) is 17.8. The Bertz CT molecular complexity index is 421. The Morgan fingerprint density at radius 3 is 2.62 bits per heavy atom. The number of aliphatic hydroxyl groups is 1. The van der Waals surface area contributed by atoms with Crippen LogP contribution in [0.4, 0.5) is 0 Å². The zero-order chi connectivity index (χ0) is 16.0. The van der Waals surface area contributed by atoms with Gasteiger partial charge in [-0.15, -0.1) is 0 Å². The second kappa shape index (κ2) is 7.69. The minimum atomic E-state index is -0.767. The molecule has 1 aliphatic rings. The molecule has 1 heterocycles. The number of allylic oxidation sites excluding steroid dienone is 2. The third kappa shape index (κ3) is 5.58. The predicted molar refractivity (Wildman–Crippen MR) is 82.8 cm³/mol. The number of hydrogen-bond donors (Lipinski definition) is 1. The van der Waals surface area contributed by atoms with Gasteiger partial charge < -0.3 is 14.6 Å². The molecular formula is C17H26O4. The summed E-state index contributed by atoms with van der Waals surface area (Å²) >= 11 is 0. The SMILES string of the molecule is C=C/C=C/C[C@@H]1OC(C)(C)O[C@@H]1C(=O)/C=C\[C@@H](C)[C@H](C)O. The van der Waals surface area contributed by atoms with E-state index < -0.39 is 18.0 Å². The number of carbonyl (C=O) groups excluding carboxylic acids is 1. The molecule has 1 N–H and O–H groups in total. The summed E-state index contributed by atoms with van der Waals surface area (Å²) in [6, 6.07) is 0. The van der Waals surface area contributed by atoms with Crippen molar-refractivity contribution < 1.29 is 19.4 Å². The lowest BCUT2D eigenvalue weighted by atomic mass is 10.0. The Morgan fingerprint density at radius 2 is 2.05 bits per heavy atom. The number of ether oxygens (including phenoxy) is 2. The summed E-state index contributed by atoms with van der Waals surface area (Å²) in [7, 11) is 0. The highest BCUT2D eigenvalue weighted by Gasteiger charge is 2.43. The Hall–Kier alpha value is -1.23. The van der Waals surface area contributed by atoms with Gasteiger partial charge in [0.1, 0.15) is 6.10 Å². The van der Waals surface area contributed by atoms with Gasteiger partial charge in [-0.3, -0.25) is 4.79 Å². The van der Waals surface area contributed by atoms with E-state index in [1.54, 1.807) is 32.9 Å². The van der Waals surface area contributed by atoms with Crippen LogP contribution in [-0.4, -0.2) is 35.0 Å². The standard InChI is InChI=1S/C17H26O4/c1-6-7-8-9-15-16(21-17(4,5)20-15)14(19)11-10-12(2)13(3)18/h6-8,10-13,15-16,18H,1,9H2,2-5H3/b8-7+,11-10-/t12-,13+,15+,16-/m1/s1. The predicted octanol–water partition coefficient (Wildman–Crippen LogP) is 2.78. The highest BCUT2D eigenvalue weighted by Crippen LogP contribution is 2.31. The van der Waals surface area contributed by atoms with E-state index in [9.17, 15) is 9.90 Å².